The summed E-state index contributed by atoms with van der Waals surface area (Å²) in [6.07, 6.45) is 1.54. The van der Waals surface area contributed by atoms with Gasteiger partial charge in [0.25, 0.3) is 0 Å². The Labute approximate surface area is 166 Å². The number of aryl methyl sites for hydroxylation is 1. The Kier molecular flexibility index (Phi) is 3.74. The lowest BCUT2D eigenvalue weighted by atomic mass is 9.68. The second-order valence-electron chi connectivity index (χ2n) is 9.04. The van der Waals surface area contributed by atoms with E-state index in [1.807, 2.05) is 0 Å². The van der Waals surface area contributed by atoms with Crippen LogP contribution in [0.15, 0.2) is 66.2 Å². The van der Waals surface area contributed by atoms with Crippen molar-refractivity contribution in [1.29, 1.82) is 0 Å². The van der Waals surface area contributed by atoms with E-state index in [0.717, 1.165) is 28.6 Å². The van der Waals surface area contributed by atoms with Crippen molar-refractivity contribution < 1.29 is 4.79 Å². The van der Waals surface area contributed by atoms with Crippen molar-refractivity contribution in [3.63, 3.8) is 0 Å². The third-order valence-electron chi connectivity index (χ3n) is 6.15. The Balaban J connectivity index is 1.79. The molecule has 3 aromatic rings. The van der Waals surface area contributed by atoms with Crippen molar-refractivity contribution in [2.45, 2.75) is 39.7 Å². The quantitative estimate of drug-likeness (QED) is 0.535. The lowest BCUT2D eigenvalue weighted by Crippen LogP contribution is -2.32. The third kappa shape index (κ3) is 2.67. The second-order valence-corrected chi connectivity index (χ2v) is 9.04. The number of hydrogen-bond donors (Lipinski definition) is 1. The molecule has 3 aromatic carbocycles. The SMILES string of the molecule is Cc1ccc(C2Nc3ccc4ccccc4c3C3=C2CC(C)(C)CC3=O)cc1. The fraction of sp³-hybridized carbons (Fsp3) is 0.269. The van der Waals surface area contributed by atoms with Gasteiger partial charge in [-0.25, -0.2) is 0 Å². The molecule has 2 nitrogen and oxygen atoms in total. The molecular formula is C26H25NO. The molecule has 28 heavy (non-hydrogen) atoms. The van der Waals surface area contributed by atoms with Gasteiger partial charge >= 0.3 is 0 Å². The Morgan fingerprint density at radius 2 is 1.68 bits per heavy atom. The fourth-order valence-corrected chi connectivity index (χ4v) is 4.86. The van der Waals surface area contributed by atoms with Crippen LogP contribution in [0.25, 0.3) is 16.3 Å². The predicted molar refractivity (Wildman–Crippen MR) is 116 cm³/mol. The highest BCUT2D eigenvalue weighted by Crippen LogP contribution is 2.51. The molecule has 1 aliphatic carbocycles. The highest BCUT2D eigenvalue weighted by molar-refractivity contribution is 6.28. The smallest absolute Gasteiger partial charge is 0.164 e. The first-order valence-electron chi connectivity index (χ1n) is 10.0. The number of carbonyl (C=O) groups is 1. The molecule has 0 bridgehead atoms. The van der Waals surface area contributed by atoms with Gasteiger partial charge in [-0.05, 0) is 46.7 Å². The average molecular weight is 367 g/mol. The molecule has 0 amide bonds. The topological polar surface area (TPSA) is 29.1 Å². The van der Waals surface area contributed by atoms with Crippen LogP contribution in [0.2, 0.25) is 0 Å². The van der Waals surface area contributed by atoms with Crippen molar-refractivity contribution in [2.24, 2.45) is 5.41 Å². The zero-order valence-electron chi connectivity index (χ0n) is 16.7. The summed E-state index contributed by atoms with van der Waals surface area (Å²) in [6.45, 7) is 6.52. The van der Waals surface area contributed by atoms with E-state index in [2.05, 4.69) is 86.8 Å². The number of hydrogen-bond acceptors (Lipinski definition) is 2. The number of rotatable bonds is 1. The molecule has 0 radical (unpaired) electrons. The summed E-state index contributed by atoms with van der Waals surface area (Å²) in [4.78, 5) is 13.4. The van der Waals surface area contributed by atoms with E-state index in [-0.39, 0.29) is 17.2 Å². The van der Waals surface area contributed by atoms with Crippen LogP contribution in [0, 0.1) is 12.3 Å². The van der Waals surface area contributed by atoms with Gasteiger partial charge in [-0.15, -0.1) is 0 Å². The molecule has 0 saturated carbocycles. The van der Waals surface area contributed by atoms with Gasteiger partial charge in [0, 0.05) is 23.2 Å². The van der Waals surface area contributed by atoms with Crippen LogP contribution in [0.1, 0.15) is 49.4 Å². The van der Waals surface area contributed by atoms with Crippen LogP contribution in [-0.2, 0) is 4.79 Å². The number of allylic oxidation sites excluding steroid dienone is 1. The van der Waals surface area contributed by atoms with E-state index in [4.69, 9.17) is 0 Å². The maximum Gasteiger partial charge on any atom is 0.164 e. The molecule has 0 spiro atoms. The number of benzene rings is 3. The van der Waals surface area contributed by atoms with Crippen molar-refractivity contribution in [1.82, 2.24) is 0 Å². The summed E-state index contributed by atoms with van der Waals surface area (Å²) in [5.74, 6) is 0.280. The van der Waals surface area contributed by atoms with Crippen molar-refractivity contribution >= 4 is 27.8 Å². The molecule has 5 rings (SSSR count). The maximum atomic E-state index is 13.4. The summed E-state index contributed by atoms with van der Waals surface area (Å²) < 4.78 is 0. The van der Waals surface area contributed by atoms with Crippen LogP contribution in [0.3, 0.4) is 0 Å². The van der Waals surface area contributed by atoms with Crippen LogP contribution >= 0.6 is 0 Å². The molecule has 1 atom stereocenters. The molecule has 0 saturated heterocycles. The molecule has 0 fully saturated rings. The number of anilines is 1. The second kappa shape index (κ2) is 6.07. The van der Waals surface area contributed by atoms with E-state index in [1.54, 1.807) is 0 Å². The predicted octanol–water partition coefficient (Wildman–Crippen LogP) is 6.46. The lowest BCUT2D eigenvalue weighted by molar-refractivity contribution is -0.116. The lowest BCUT2D eigenvalue weighted by Gasteiger charge is -2.40. The molecule has 1 N–H and O–H groups in total. The van der Waals surface area contributed by atoms with Crippen LogP contribution < -0.4 is 5.32 Å². The van der Waals surface area contributed by atoms with E-state index in [9.17, 15) is 4.79 Å². The average Bonchev–Trinajstić information content (AvgIpc) is 2.66. The number of nitrogens with one attached hydrogen (secondary N) is 1. The van der Waals surface area contributed by atoms with Gasteiger partial charge < -0.3 is 5.32 Å². The summed E-state index contributed by atoms with van der Waals surface area (Å²) in [7, 11) is 0. The normalized spacial score (nSPS) is 20.5. The minimum Gasteiger partial charge on any atom is -0.374 e. The molecular weight excluding hydrogens is 342 g/mol. The number of fused-ring (bicyclic) bond motifs is 4. The van der Waals surface area contributed by atoms with E-state index < -0.39 is 0 Å². The Bertz CT molecular complexity index is 1130. The highest BCUT2D eigenvalue weighted by atomic mass is 16.1. The Morgan fingerprint density at radius 1 is 0.929 bits per heavy atom. The summed E-state index contributed by atoms with van der Waals surface area (Å²) in [6, 6.07) is 21.4. The number of carbonyl (C=O) groups excluding carboxylic acids is 1. The molecule has 2 heteroatoms. The molecule has 1 aliphatic heterocycles. The molecule has 1 unspecified atom stereocenters. The van der Waals surface area contributed by atoms with E-state index >= 15 is 0 Å². The molecule has 1 heterocycles. The third-order valence-corrected chi connectivity index (χ3v) is 6.15. The zero-order valence-corrected chi connectivity index (χ0v) is 16.7. The van der Waals surface area contributed by atoms with Crippen LogP contribution in [0.4, 0.5) is 5.69 Å². The fourth-order valence-electron chi connectivity index (χ4n) is 4.86. The number of ketones is 1. The molecule has 140 valence electrons. The van der Waals surface area contributed by atoms with Gasteiger partial charge in [0.05, 0.1) is 6.04 Å². The summed E-state index contributed by atoms with van der Waals surface area (Å²) >= 11 is 0. The standard InChI is InChI=1S/C26H25NO/c1-16-8-10-18(11-9-16)25-20-14-26(2,3)15-22(28)24(20)23-19-7-5-4-6-17(19)12-13-21(23)27-25/h4-13,25,27H,14-15H2,1-3H3. The van der Waals surface area contributed by atoms with Gasteiger partial charge in [-0.2, -0.15) is 0 Å². The molecule has 2 aliphatic rings. The minimum absolute atomic E-state index is 0.0113. The van der Waals surface area contributed by atoms with Crippen LogP contribution in [-0.4, -0.2) is 5.78 Å². The summed E-state index contributed by atoms with van der Waals surface area (Å²) in [5.41, 5.74) is 6.82. The van der Waals surface area contributed by atoms with Crippen molar-refractivity contribution in [3.8, 4) is 0 Å². The minimum atomic E-state index is -0.0113. The summed E-state index contributed by atoms with van der Waals surface area (Å²) in [5, 5.41) is 6.12. The number of Topliss-reactive ketones (excluding diaryl/α,β-unsaturated/α-hetero) is 1. The first-order chi connectivity index (χ1) is 13.4. The highest BCUT2D eigenvalue weighted by Gasteiger charge is 2.40. The monoisotopic (exact) mass is 367 g/mol. The first kappa shape index (κ1) is 17.2. The van der Waals surface area contributed by atoms with Gasteiger partial charge in [-0.3, -0.25) is 4.79 Å². The van der Waals surface area contributed by atoms with Gasteiger partial charge in [0.15, 0.2) is 5.78 Å². The Hall–Kier alpha value is -2.87. The zero-order chi connectivity index (χ0) is 19.5. The van der Waals surface area contributed by atoms with Crippen molar-refractivity contribution in [3.05, 3.63) is 82.9 Å². The Morgan fingerprint density at radius 3 is 2.46 bits per heavy atom. The van der Waals surface area contributed by atoms with E-state index in [0.29, 0.717) is 6.42 Å². The van der Waals surface area contributed by atoms with Crippen molar-refractivity contribution in [2.75, 3.05) is 5.32 Å². The molecule has 0 aromatic heterocycles. The maximum absolute atomic E-state index is 13.4. The van der Waals surface area contributed by atoms with E-state index in [1.165, 1.54) is 22.1 Å². The largest absolute Gasteiger partial charge is 0.374 e. The first-order valence-corrected chi connectivity index (χ1v) is 10.0. The van der Waals surface area contributed by atoms with Gasteiger partial charge in [0.1, 0.15) is 0 Å². The van der Waals surface area contributed by atoms with Gasteiger partial charge in [0.2, 0.25) is 0 Å². The van der Waals surface area contributed by atoms with Gasteiger partial charge in [-0.1, -0.05) is 74.0 Å². The van der Waals surface area contributed by atoms with Crippen LogP contribution in [0.5, 0.6) is 0 Å².